The Morgan fingerprint density at radius 2 is 1.49 bits per heavy atom. The van der Waals surface area contributed by atoms with E-state index in [2.05, 4.69) is 32.0 Å². The SMILES string of the molecule is COCCO[C@@H]1CCN(c2ncccn2)[C@H]1Cc1ccncc1.O=C(O)C(F)(F)F.O=C(O)C(F)(F)F. The fourth-order valence-corrected chi connectivity index (χ4v) is 2.99. The molecule has 0 spiro atoms. The number of nitrogens with zero attached hydrogens (tertiary/aromatic N) is 4. The number of ether oxygens (including phenoxy) is 2. The Morgan fingerprint density at radius 1 is 0.973 bits per heavy atom. The van der Waals surface area contributed by atoms with Crippen LogP contribution in [0.3, 0.4) is 0 Å². The number of aromatic nitrogens is 3. The molecule has 1 fully saturated rings. The van der Waals surface area contributed by atoms with Gasteiger partial charge in [-0.15, -0.1) is 0 Å². The molecule has 0 amide bonds. The summed E-state index contributed by atoms with van der Waals surface area (Å²) in [6.45, 7) is 2.12. The van der Waals surface area contributed by atoms with E-state index >= 15 is 0 Å². The molecule has 0 bridgehead atoms. The van der Waals surface area contributed by atoms with Crippen LogP contribution in [0.25, 0.3) is 0 Å². The Labute approximate surface area is 206 Å². The van der Waals surface area contributed by atoms with E-state index in [0.717, 1.165) is 25.3 Å². The summed E-state index contributed by atoms with van der Waals surface area (Å²) >= 11 is 0. The van der Waals surface area contributed by atoms with Crippen LogP contribution in [-0.4, -0.2) is 88.5 Å². The number of carboxylic acids is 2. The zero-order valence-electron chi connectivity index (χ0n) is 19.3. The van der Waals surface area contributed by atoms with E-state index in [1.807, 2.05) is 18.5 Å². The minimum absolute atomic E-state index is 0.155. The Bertz CT molecular complexity index is 926. The standard InChI is InChI=1S/C17H22N4O2.2C2HF3O2/c1-22-11-12-23-16-5-10-21(17-19-6-2-7-20-17)15(16)13-14-3-8-18-9-4-14;2*3-2(4,5)1(6)7/h2-4,6-9,15-16H,5,10-13H2,1H3;2*(H,6,7)/t15-,16+;;/m0../s1. The van der Waals surface area contributed by atoms with Crippen LogP contribution in [0.15, 0.2) is 43.0 Å². The lowest BCUT2D eigenvalue weighted by Crippen LogP contribution is -2.39. The van der Waals surface area contributed by atoms with Crippen molar-refractivity contribution in [1.29, 1.82) is 0 Å². The third-order valence-corrected chi connectivity index (χ3v) is 4.59. The molecule has 1 aliphatic heterocycles. The largest absolute Gasteiger partial charge is 0.490 e. The maximum Gasteiger partial charge on any atom is 0.490 e. The predicted octanol–water partition coefficient (Wildman–Crippen LogP) is 2.99. The number of carboxylic acid groups (broad SMARTS) is 2. The van der Waals surface area contributed by atoms with Gasteiger partial charge < -0.3 is 24.6 Å². The quantitative estimate of drug-likeness (QED) is 0.397. The lowest BCUT2D eigenvalue weighted by Gasteiger charge is -2.28. The highest BCUT2D eigenvalue weighted by Gasteiger charge is 2.39. The topological polar surface area (TPSA) is 135 Å². The number of carbonyl (C=O) groups is 2. The lowest BCUT2D eigenvalue weighted by atomic mass is 10.0. The molecule has 0 aromatic carbocycles. The molecule has 1 aliphatic rings. The summed E-state index contributed by atoms with van der Waals surface area (Å²) < 4.78 is 74.6. The molecule has 37 heavy (non-hydrogen) atoms. The summed E-state index contributed by atoms with van der Waals surface area (Å²) in [4.78, 5) is 32.9. The van der Waals surface area contributed by atoms with Gasteiger partial charge in [-0.1, -0.05) is 0 Å². The summed E-state index contributed by atoms with van der Waals surface area (Å²) in [5.41, 5.74) is 1.24. The molecule has 0 radical (unpaired) electrons. The number of pyridine rings is 1. The van der Waals surface area contributed by atoms with Gasteiger partial charge in [0.25, 0.3) is 0 Å². The van der Waals surface area contributed by atoms with Crippen LogP contribution in [0.5, 0.6) is 0 Å². The third-order valence-electron chi connectivity index (χ3n) is 4.59. The normalized spacial score (nSPS) is 17.2. The summed E-state index contributed by atoms with van der Waals surface area (Å²) in [5, 5.41) is 14.2. The van der Waals surface area contributed by atoms with Crippen molar-refractivity contribution < 1.29 is 55.6 Å². The van der Waals surface area contributed by atoms with Gasteiger partial charge in [-0.2, -0.15) is 26.3 Å². The van der Waals surface area contributed by atoms with Crippen LogP contribution < -0.4 is 4.90 Å². The van der Waals surface area contributed by atoms with Crippen LogP contribution in [0.4, 0.5) is 32.3 Å². The first-order chi connectivity index (χ1) is 17.3. The number of anilines is 1. The Morgan fingerprint density at radius 3 is 1.95 bits per heavy atom. The first-order valence-corrected chi connectivity index (χ1v) is 10.4. The molecular weight excluding hydrogens is 518 g/mol. The van der Waals surface area contributed by atoms with Crippen LogP contribution >= 0.6 is 0 Å². The van der Waals surface area contributed by atoms with Crippen LogP contribution in [0, 0.1) is 0 Å². The smallest absolute Gasteiger partial charge is 0.475 e. The summed E-state index contributed by atoms with van der Waals surface area (Å²) in [6, 6.07) is 6.16. The van der Waals surface area contributed by atoms with E-state index in [-0.39, 0.29) is 12.1 Å². The molecule has 3 rings (SSSR count). The van der Waals surface area contributed by atoms with Gasteiger partial charge in [0.05, 0.1) is 25.4 Å². The van der Waals surface area contributed by atoms with Gasteiger partial charge in [-0.25, -0.2) is 19.6 Å². The maximum atomic E-state index is 10.6. The minimum atomic E-state index is -5.08. The van der Waals surface area contributed by atoms with E-state index in [4.69, 9.17) is 29.3 Å². The highest BCUT2D eigenvalue weighted by molar-refractivity contribution is 5.73. The van der Waals surface area contributed by atoms with Gasteiger partial charge in [0.2, 0.25) is 5.95 Å². The average molecular weight is 542 g/mol. The van der Waals surface area contributed by atoms with Crippen LogP contribution in [0.2, 0.25) is 0 Å². The second kappa shape index (κ2) is 14.9. The summed E-state index contributed by atoms with van der Waals surface area (Å²) in [7, 11) is 1.69. The second-order valence-electron chi connectivity index (χ2n) is 7.17. The van der Waals surface area contributed by atoms with E-state index in [1.165, 1.54) is 5.56 Å². The summed E-state index contributed by atoms with van der Waals surface area (Å²) in [5.74, 6) is -4.75. The van der Waals surface area contributed by atoms with Crippen molar-refractivity contribution in [2.24, 2.45) is 0 Å². The van der Waals surface area contributed by atoms with E-state index in [0.29, 0.717) is 13.2 Å². The second-order valence-corrected chi connectivity index (χ2v) is 7.17. The molecule has 16 heteroatoms. The highest BCUT2D eigenvalue weighted by atomic mass is 19.4. The minimum Gasteiger partial charge on any atom is -0.475 e. The van der Waals surface area contributed by atoms with Crippen molar-refractivity contribution in [3.05, 3.63) is 48.5 Å². The van der Waals surface area contributed by atoms with Gasteiger partial charge in [0.15, 0.2) is 0 Å². The number of hydrogen-bond donors (Lipinski definition) is 2. The van der Waals surface area contributed by atoms with Crippen molar-refractivity contribution in [2.45, 2.75) is 37.3 Å². The first kappa shape index (κ1) is 31.5. The van der Waals surface area contributed by atoms with Crippen molar-refractivity contribution in [3.63, 3.8) is 0 Å². The molecule has 1 saturated heterocycles. The van der Waals surface area contributed by atoms with Crippen molar-refractivity contribution in [1.82, 2.24) is 15.0 Å². The van der Waals surface area contributed by atoms with Gasteiger partial charge in [0, 0.05) is 38.4 Å². The number of halogens is 6. The Hall–Kier alpha value is -3.53. The monoisotopic (exact) mass is 542 g/mol. The van der Waals surface area contributed by atoms with E-state index < -0.39 is 24.3 Å². The van der Waals surface area contributed by atoms with Gasteiger partial charge in [-0.3, -0.25) is 4.98 Å². The van der Waals surface area contributed by atoms with E-state index in [9.17, 15) is 26.3 Å². The zero-order chi connectivity index (χ0) is 28.1. The number of rotatable bonds is 7. The first-order valence-electron chi connectivity index (χ1n) is 10.4. The molecule has 2 aromatic rings. The number of alkyl halides is 6. The van der Waals surface area contributed by atoms with Crippen LogP contribution in [-0.2, 0) is 25.5 Å². The Kier molecular flexibility index (Phi) is 12.7. The van der Waals surface area contributed by atoms with Crippen molar-refractivity contribution in [2.75, 3.05) is 31.8 Å². The van der Waals surface area contributed by atoms with Crippen molar-refractivity contribution >= 4 is 17.9 Å². The molecule has 3 heterocycles. The van der Waals surface area contributed by atoms with Gasteiger partial charge in [0.1, 0.15) is 0 Å². The molecule has 2 atom stereocenters. The van der Waals surface area contributed by atoms with Crippen molar-refractivity contribution in [3.8, 4) is 0 Å². The maximum absolute atomic E-state index is 10.6. The number of methoxy groups -OCH3 is 1. The highest BCUT2D eigenvalue weighted by Crippen LogP contribution is 2.27. The molecule has 2 N–H and O–H groups in total. The van der Waals surface area contributed by atoms with Crippen LogP contribution in [0.1, 0.15) is 12.0 Å². The van der Waals surface area contributed by atoms with E-state index in [1.54, 1.807) is 19.5 Å². The molecular formula is C21H24F6N4O6. The molecule has 0 unspecified atom stereocenters. The molecule has 10 nitrogen and oxygen atoms in total. The summed E-state index contributed by atoms with van der Waals surface area (Å²) in [6.07, 6.45) is -0.934. The molecule has 0 aliphatic carbocycles. The third kappa shape index (κ3) is 11.8. The number of hydrogen-bond acceptors (Lipinski definition) is 8. The Balaban J connectivity index is 0.000000404. The fraction of sp³-hybridized carbons (Fsp3) is 0.476. The average Bonchev–Trinajstić information content (AvgIpc) is 3.22. The zero-order valence-corrected chi connectivity index (χ0v) is 19.3. The van der Waals surface area contributed by atoms with Gasteiger partial charge >= 0.3 is 24.3 Å². The predicted molar refractivity (Wildman–Crippen MR) is 115 cm³/mol. The van der Waals surface area contributed by atoms with Gasteiger partial charge in [-0.05, 0) is 36.6 Å². The lowest BCUT2D eigenvalue weighted by molar-refractivity contribution is -0.193. The molecule has 0 saturated carbocycles. The molecule has 2 aromatic heterocycles. The fourth-order valence-electron chi connectivity index (χ4n) is 2.99. The molecule has 206 valence electrons. The number of aliphatic carboxylic acids is 2.